The topological polar surface area (TPSA) is 90.3 Å². The number of phenols is 1. The molecule has 2 N–H and O–H groups in total. The molecule has 1 aliphatic heterocycles. The van der Waals surface area contributed by atoms with Crippen molar-refractivity contribution in [3.05, 3.63) is 65.2 Å². The number of ketones is 1. The summed E-state index contributed by atoms with van der Waals surface area (Å²) in [7, 11) is 3.77. The van der Waals surface area contributed by atoms with Gasteiger partial charge in [-0.2, -0.15) is 0 Å². The SMILES string of the molecule is CCCOc1cccc(/C(O)=C2/C(=O)C(=O)N(CCN(C)C)C2c2ccc(O)cc2)c1. The van der Waals surface area contributed by atoms with Crippen LogP contribution in [0.1, 0.15) is 30.5 Å². The molecule has 1 heterocycles. The van der Waals surface area contributed by atoms with Crippen LogP contribution in [0.3, 0.4) is 0 Å². The Hall–Kier alpha value is -3.32. The molecular formula is C24H28N2O5. The van der Waals surface area contributed by atoms with Crippen molar-refractivity contribution in [3.63, 3.8) is 0 Å². The number of benzene rings is 2. The Morgan fingerprint density at radius 3 is 2.48 bits per heavy atom. The summed E-state index contributed by atoms with van der Waals surface area (Å²) < 4.78 is 5.64. The molecule has 0 aliphatic carbocycles. The molecule has 0 bridgehead atoms. The highest BCUT2D eigenvalue weighted by Crippen LogP contribution is 2.39. The van der Waals surface area contributed by atoms with Gasteiger partial charge in [-0.3, -0.25) is 9.59 Å². The standard InChI is InChI=1S/C24H28N2O5/c1-4-14-31-19-7-5-6-17(15-19)22(28)20-21(16-8-10-18(27)11-9-16)26(13-12-25(2)3)24(30)23(20)29/h5-11,15,21,27-28H,4,12-14H2,1-3H3/b22-20-. The van der Waals surface area contributed by atoms with Crippen molar-refractivity contribution < 1.29 is 24.5 Å². The highest BCUT2D eigenvalue weighted by Gasteiger charge is 2.45. The Morgan fingerprint density at radius 2 is 1.84 bits per heavy atom. The number of carbonyl (C=O) groups is 2. The maximum Gasteiger partial charge on any atom is 0.295 e. The number of hydrogen-bond donors (Lipinski definition) is 2. The maximum absolute atomic E-state index is 13.0. The number of likely N-dealkylation sites (tertiary alicyclic amines) is 1. The second-order valence-electron chi connectivity index (χ2n) is 7.76. The number of likely N-dealkylation sites (N-methyl/N-ethyl adjacent to an activating group) is 1. The molecule has 7 heteroatoms. The molecule has 2 aromatic carbocycles. The lowest BCUT2D eigenvalue weighted by Crippen LogP contribution is -2.35. The van der Waals surface area contributed by atoms with Crippen molar-refractivity contribution in [3.8, 4) is 11.5 Å². The second kappa shape index (κ2) is 9.66. The minimum Gasteiger partial charge on any atom is -0.508 e. The zero-order valence-corrected chi connectivity index (χ0v) is 18.0. The van der Waals surface area contributed by atoms with Gasteiger partial charge in [0.2, 0.25) is 0 Å². The average Bonchev–Trinajstić information content (AvgIpc) is 3.01. The summed E-state index contributed by atoms with van der Waals surface area (Å²) in [6.45, 7) is 3.41. The van der Waals surface area contributed by atoms with Gasteiger partial charge in [-0.1, -0.05) is 31.2 Å². The summed E-state index contributed by atoms with van der Waals surface area (Å²) in [5.41, 5.74) is 1.07. The third kappa shape index (κ3) is 4.88. The molecule has 7 nitrogen and oxygen atoms in total. The van der Waals surface area contributed by atoms with E-state index in [1.54, 1.807) is 36.4 Å². The molecule has 1 atom stereocenters. The van der Waals surface area contributed by atoms with Crippen LogP contribution in [0.5, 0.6) is 11.5 Å². The van der Waals surface area contributed by atoms with E-state index in [0.717, 1.165) is 6.42 Å². The highest BCUT2D eigenvalue weighted by atomic mass is 16.5. The molecule has 1 fully saturated rings. The molecule has 0 aromatic heterocycles. The third-order valence-electron chi connectivity index (χ3n) is 5.12. The number of nitrogens with zero attached hydrogens (tertiary/aromatic N) is 2. The number of aliphatic hydroxyl groups is 1. The van der Waals surface area contributed by atoms with Gasteiger partial charge < -0.3 is 24.7 Å². The lowest BCUT2D eigenvalue weighted by molar-refractivity contribution is -0.140. The zero-order chi connectivity index (χ0) is 22.5. The molecule has 3 rings (SSSR count). The molecule has 0 saturated carbocycles. The Bertz CT molecular complexity index is 982. The monoisotopic (exact) mass is 424 g/mol. The van der Waals surface area contributed by atoms with Crippen LogP contribution >= 0.6 is 0 Å². The molecule has 31 heavy (non-hydrogen) atoms. The van der Waals surface area contributed by atoms with E-state index in [2.05, 4.69) is 0 Å². The first-order valence-corrected chi connectivity index (χ1v) is 10.3. The van der Waals surface area contributed by atoms with Gasteiger partial charge >= 0.3 is 0 Å². The summed E-state index contributed by atoms with van der Waals surface area (Å²) in [6, 6.07) is 12.4. The van der Waals surface area contributed by atoms with E-state index in [4.69, 9.17) is 4.74 Å². The second-order valence-corrected chi connectivity index (χ2v) is 7.76. The fraction of sp³-hybridized carbons (Fsp3) is 0.333. The zero-order valence-electron chi connectivity index (χ0n) is 18.0. The van der Waals surface area contributed by atoms with E-state index in [9.17, 15) is 19.8 Å². The van der Waals surface area contributed by atoms with Crippen molar-refractivity contribution in [2.45, 2.75) is 19.4 Å². The largest absolute Gasteiger partial charge is 0.508 e. The van der Waals surface area contributed by atoms with Crippen molar-refractivity contribution in [1.29, 1.82) is 0 Å². The van der Waals surface area contributed by atoms with E-state index in [0.29, 0.717) is 36.6 Å². The minimum absolute atomic E-state index is 0.0297. The summed E-state index contributed by atoms with van der Waals surface area (Å²) in [6.07, 6.45) is 0.841. The van der Waals surface area contributed by atoms with E-state index >= 15 is 0 Å². The Labute approximate surface area is 182 Å². The maximum atomic E-state index is 13.0. The number of aromatic hydroxyl groups is 1. The first-order valence-electron chi connectivity index (χ1n) is 10.3. The summed E-state index contributed by atoms with van der Waals surface area (Å²) >= 11 is 0. The smallest absolute Gasteiger partial charge is 0.295 e. The molecule has 164 valence electrons. The van der Waals surface area contributed by atoms with E-state index in [-0.39, 0.29) is 17.1 Å². The lowest BCUT2D eigenvalue weighted by atomic mass is 9.95. The van der Waals surface area contributed by atoms with Crippen LogP contribution in [-0.4, -0.2) is 65.5 Å². The number of amides is 1. The number of carbonyl (C=O) groups excluding carboxylic acids is 2. The van der Waals surface area contributed by atoms with Crippen molar-refractivity contribution in [2.75, 3.05) is 33.8 Å². The molecule has 1 aliphatic rings. The fourth-order valence-corrected chi connectivity index (χ4v) is 3.53. The van der Waals surface area contributed by atoms with Crippen LogP contribution in [0.4, 0.5) is 0 Å². The normalized spacial score (nSPS) is 18.1. The molecule has 0 spiro atoms. The number of aliphatic hydroxyl groups excluding tert-OH is 1. The molecule has 1 saturated heterocycles. The Balaban J connectivity index is 2.09. The number of Topliss-reactive ketones (excluding diaryl/α,β-unsaturated/α-hetero) is 1. The highest BCUT2D eigenvalue weighted by molar-refractivity contribution is 6.46. The fourth-order valence-electron chi connectivity index (χ4n) is 3.53. The van der Waals surface area contributed by atoms with Crippen molar-refractivity contribution in [2.24, 2.45) is 0 Å². The van der Waals surface area contributed by atoms with Gasteiger partial charge in [0.1, 0.15) is 17.3 Å². The first-order chi connectivity index (χ1) is 14.8. The van der Waals surface area contributed by atoms with Gasteiger partial charge in [0.25, 0.3) is 11.7 Å². The summed E-state index contributed by atoms with van der Waals surface area (Å²) in [5.74, 6) is -0.969. The van der Waals surface area contributed by atoms with Gasteiger partial charge in [-0.15, -0.1) is 0 Å². The van der Waals surface area contributed by atoms with E-state index in [1.807, 2.05) is 25.9 Å². The molecule has 2 aromatic rings. The first kappa shape index (κ1) is 22.4. The molecule has 0 radical (unpaired) electrons. The number of hydrogen-bond acceptors (Lipinski definition) is 6. The predicted molar refractivity (Wildman–Crippen MR) is 118 cm³/mol. The quantitative estimate of drug-likeness (QED) is 0.384. The molecule has 1 unspecified atom stereocenters. The molecular weight excluding hydrogens is 396 g/mol. The van der Waals surface area contributed by atoms with Gasteiger partial charge in [-0.05, 0) is 50.3 Å². The van der Waals surface area contributed by atoms with Gasteiger partial charge in [0.15, 0.2) is 0 Å². The third-order valence-corrected chi connectivity index (χ3v) is 5.12. The summed E-state index contributed by atoms with van der Waals surface area (Å²) in [5, 5.41) is 20.8. The van der Waals surface area contributed by atoms with Gasteiger partial charge in [0, 0.05) is 18.7 Å². The number of ether oxygens (including phenoxy) is 1. The van der Waals surface area contributed by atoms with Crippen molar-refractivity contribution >= 4 is 17.4 Å². The van der Waals surface area contributed by atoms with Crippen LogP contribution in [-0.2, 0) is 9.59 Å². The lowest BCUT2D eigenvalue weighted by Gasteiger charge is -2.26. The van der Waals surface area contributed by atoms with Crippen molar-refractivity contribution in [1.82, 2.24) is 9.80 Å². The van der Waals surface area contributed by atoms with E-state index in [1.165, 1.54) is 17.0 Å². The molecule has 1 amide bonds. The van der Waals surface area contributed by atoms with E-state index < -0.39 is 17.7 Å². The van der Waals surface area contributed by atoms with Crippen LogP contribution in [0.25, 0.3) is 5.76 Å². The van der Waals surface area contributed by atoms with Crippen LogP contribution in [0.15, 0.2) is 54.1 Å². The number of phenolic OH excluding ortho intramolecular Hbond substituents is 1. The predicted octanol–water partition coefficient (Wildman–Crippen LogP) is 3.16. The Morgan fingerprint density at radius 1 is 1.13 bits per heavy atom. The van der Waals surface area contributed by atoms with Gasteiger partial charge in [-0.25, -0.2) is 0 Å². The average molecular weight is 424 g/mol. The van der Waals surface area contributed by atoms with Gasteiger partial charge in [0.05, 0.1) is 18.2 Å². The van der Waals surface area contributed by atoms with Crippen LogP contribution < -0.4 is 4.74 Å². The minimum atomic E-state index is -0.749. The number of rotatable bonds is 8. The van der Waals surface area contributed by atoms with Crippen LogP contribution in [0.2, 0.25) is 0 Å². The summed E-state index contributed by atoms with van der Waals surface area (Å²) in [4.78, 5) is 29.2. The van der Waals surface area contributed by atoms with Crippen LogP contribution in [0, 0.1) is 0 Å². The Kier molecular flexibility index (Phi) is 6.97.